The Bertz CT molecular complexity index is 308. The van der Waals surface area contributed by atoms with Crippen LogP contribution in [0.3, 0.4) is 0 Å². The van der Waals surface area contributed by atoms with Crippen LogP contribution < -0.4 is 4.74 Å². The van der Waals surface area contributed by atoms with Crippen LogP contribution in [0.15, 0.2) is 29.2 Å². The first-order chi connectivity index (χ1) is 6.09. The van der Waals surface area contributed by atoms with Gasteiger partial charge in [0, 0.05) is 4.90 Å². The Morgan fingerprint density at radius 1 is 1.46 bits per heavy atom. The topological polar surface area (TPSA) is 26.3 Å². The Morgan fingerprint density at radius 2 is 2.15 bits per heavy atom. The van der Waals surface area contributed by atoms with Gasteiger partial charge in [-0.1, -0.05) is 19.9 Å². The highest BCUT2D eigenvalue weighted by atomic mass is 32.1. The molecule has 0 amide bonds. The van der Waals surface area contributed by atoms with Crippen molar-refractivity contribution in [3.8, 4) is 5.75 Å². The lowest BCUT2D eigenvalue weighted by atomic mass is 10.2. The van der Waals surface area contributed by atoms with E-state index in [1.807, 2.05) is 6.07 Å². The van der Waals surface area contributed by atoms with E-state index in [1.165, 1.54) is 0 Å². The van der Waals surface area contributed by atoms with Crippen molar-refractivity contribution in [2.24, 2.45) is 5.92 Å². The molecule has 0 radical (unpaired) electrons. The number of carbonyl (C=O) groups excluding carboxylic acids is 1. The van der Waals surface area contributed by atoms with E-state index in [0.29, 0.717) is 5.75 Å². The minimum absolute atomic E-state index is 0.108. The van der Waals surface area contributed by atoms with Gasteiger partial charge >= 0.3 is 5.97 Å². The van der Waals surface area contributed by atoms with Crippen LogP contribution in [0.25, 0.3) is 0 Å². The van der Waals surface area contributed by atoms with Crippen molar-refractivity contribution in [2.45, 2.75) is 18.7 Å². The molecule has 1 aromatic carbocycles. The van der Waals surface area contributed by atoms with E-state index in [2.05, 4.69) is 12.6 Å². The zero-order valence-corrected chi connectivity index (χ0v) is 8.54. The van der Waals surface area contributed by atoms with Crippen LogP contribution in [0.4, 0.5) is 0 Å². The average Bonchev–Trinajstić information content (AvgIpc) is 2.04. The monoisotopic (exact) mass is 196 g/mol. The number of ether oxygens (including phenoxy) is 1. The molecule has 1 aromatic rings. The van der Waals surface area contributed by atoms with E-state index in [0.717, 1.165) is 4.90 Å². The number of esters is 1. The third kappa shape index (κ3) is 3.11. The summed E-state index contributed by atoms with van der Waals surface area (Å²) >= 11 is 4.14. The van der Waals surface area contributed by atoms with Crippen molar-refractivity contribution < 1.29 is 9.53 Å². The summed E-state index contributed by atoms with van der Waals surface area (Å²) in [7, 11) is 0. The molecule has 0 N–H and O–H groups in total. The van der Waals surface area contributed by atoms with Gasteiger partial charge in [0.2, 0.25) is 0 Å². The van der Waals surface area contributed by atoms with Crippen LogP contribution in [0.2, 0.25) is 0 Å². The lowest BCUT2D eigenvalue weighted by molar-refractivity contribution is -0.137. The quantitative estimate of drug-likeness (QED) is 0.447. The second-order valence-corrected chi connectivity index (χ2v) is 3.59. The van der Waals surface area contributed by atoms with E-state index in [4.69, 9.17) is 4.74 Å². The lowest BCUT2D eigenvalue weighted by Crippen LogP contribution is -2.14. The number of carbonyl (C=O) groups is 1. The Balaban J connectivity index is 2.69. The van der Waals surface area contributed by atoms with Crippen LogP contribution >= 0.6 is 12.6 Å². The minimum atomic E-state index is -0.223. The lowest BCUT2D eigenvalue weighted by Gasteiger charge is -2.06. The number of benzene rings is 1. The molecule has 0 unspecified atom stereocenters. The Kier molecular flexibility index (Phi) is 3.37. The molecule has 2 nitrogen and oxygen atoms in total. The molecular formula is C10H12O2S. The standard InChI is InChI=1S/C10H12O2S/c1-7(2)10(11)12-8-4-3-5-9(13)6-8/h3-7,13H,1-2H3. The number of hydrogen-bond acceptors (Lipinski definition) is 3. The van der Waals surface area contributed by atoms with Gasteiger partial charge in [-0.3, -0.25) is 4.79 Å². The summed E-state index contributed by atoms with van der Waals surface area (Å²) in [6.45, 7) is 3.60. The second kappa shape index (κ2) is 4.33. The highest BCUT2D eigenvalue weighted by Gasteiger charge is 2.09. The van der Waals surface area contributed by atoms with Gasteiger partial charge in [0.25, 0.3) is 0 Å². The van der Waals surface area contributed by atoms with Crippen molar-refractivity contribution in [3.63, 3.8) is 0 Å². The first-order valence-electron chi connectivity index (χ1n) is 4.10. The molecular weight excluding hydrogens is 184 g/mol. The van der Waals surface area contributed by atoms with Gasteiger partial charge in [0.1, 0.15) is 5.75 Å². The largest absolute Gasteiger partial charge is 0.426 e. The summed E-state index contributed by atoms with van der Waals surface area (Å²) in [5, 5.41) is 0. The van der Waals surface area contributed by atoms with Crippen LogP contribution in [-0.4, -0.2) is 5.97 Å². The zero-order chi connectivity index (χ0) is 9.84. The van der Waals surface area contributed by atoms with Crippen molar-refractivity contribution in [3.05, 3.63) is 24.3 Å². The van der Waals surface area contributed by atoms with Crippen LogP contribution in [0, 0.1) is 5.92 Å². The number of rotatable bonds is 2. The maximum atomic E-state index is 11.2. The molecule has 0 aliphatic rings. The van der Waals surface area contributed by atoms with E-state index in [9.17, 15) is 4.79 Å². The highest BCUT2D eigenvalue weighted by molar-refractivity contribution is 7.80. The van der Waals surface area contributed by atoms with Crippen molar-refractivity contribution in [2.75, 3.05) is 0 Å². The minimum Gasteiger partial charge on any atom is -0.426 e. The molecule has 13 heavy (non-hydrogen) atoms. The molecule has 0 saturated carbocycles. The fourth-order valence-corrected chi connectivity index (χ4v) is 0.994. The molecule has 0 saturated heterocycles. The normalized spacial score (nSPS) is 10.2. The first kappa shape index (κ1) is 10.1. The second-order valence-electron chi connectivity index (χ2n) is 3.07. The third-order valence-corrected chi connectivity index (χ3v) is 1.79. The Labute approximate surface area is 83.3 Å². The molecule has 0 atom stereocenters. The maximum Gasteiger partial charge on any atom is 0.313 e. The molecule has 70 valence electrons. The maximum absolute atomic E-state index is 11.2. The molecule has 0 fully saturated rings. The zero-order valence-electron chi connectivity index (χ0n) is 7.65. The number of thiol groups is 1. The SMILES string of the molecule is CC(C)C(=O)Oc1cccc(S)c1. The van der Waals surface area contributed by atoms with Crippen molar-refractivity contribution in [1.82, 2.24) is 0 Å². The summed E-state index contributed by atoms with van der Waals surface area (Å²) in [6.07, 6.45) is 0. The third-order valence-electron chi connectivity index (χ3n) is 1.51. The van der Waals surface area contributed by atoms with Crippen molar-refractivity contribution in [1.29, 1.82) is 0 Å². The first-order valence-corrected chi connectivity index (χ1v) is 4.55. The fourth-order valence-electron chi connectivity index (χ4n) is 0.781. The molecule has 3 heteroatoms. The molecule has 0 spiro atoms. The van der Waals surface area contributed by atoms with Gasteiger partial charge in [-0.15, -0.1) is 12.6 Å². The molecule has 0 aliphatic heterocycles. The van der Waals surface area contributed by atoms with Gasteiger partial charge in [-0.2, -0.15) is 0 Å². The van der Waals surface area contributed by atoms with Crippen LogP contribution in [0.5, 0.6) is 5.75 Å². The van der Waals surface area contributed by atoms with E-state index >= 15 is 0 Å². The van der Waals surface area contributed by atoms with Gasteiger partial charge < -0.3 is 4.74 Å². The predicted octanol–water partition coefficient (Wildman–Crippen LogP) is 2.54. The molecule has 0 bridgehead atoms. The Morgan fingerprint density at radius 3 is 2.69 bits per heavy atom. The number of hydrogen-bond donors (Lipinski definition) is 1. The highest BCUT2D eigenvalue weighted by Crippen LogP contribution is 2.16. The van der Waals surface area contributed by atoms with Gasteiger partial charge in [0.15, 0.2) is 0 Å². The average molecular weight is 196 g/mol. The van der Waals surface area contributed by atoms with E-state index in [-0.39, 0.29) is 11.9 Å². The van der Waals surface area contributed by atoms with Crippen LogP contribution in [0.1, 0.15) is 13.8 Å². The Hall–Kier alpha value is -0.960. The summed E-state index contributed by atoms with van der Waals surface area (Å²) in [6, 6.07) is 7.07. The fraction of sp³-hybridized carbons (Fsp3) is 0.300. The molecule has 0 aromatic heterocycles. The van der Waals surface area contributed by atoms with Gasteiger partial charge in [0.05, 0.1) is 5.92 Å². The molecule has 0 heterocycles. The summed E-state index contributed by atoms with van der Waals surface area (Å²) < 4.78 is 5.07. The van der Waals surface area contributed by atoms with Gasteiger partial charge in [-0.05, 0) is 18.2 Å². The molecule has 1 rings (SSSR count). The van der Waals surface area contributed by atoms with Crippen molar-refractivity contribution >= 4 is 18.6 Å². The molecule has 0 aliphatic carbocycles. The summed E-state index contributed by atoms with van der Waals surface area (Å²) in [4.78, 5) is 12.0. The summed E-state index contributed by atoms with van der Waals surface area (Å²) in [5.74, 6) is 0.216. The van der Waals surface area contributed by atoms with E-state index in [1.54, 1.807) is 32.0 Å². The van der Waals surface area contributed by atoms with Gasteiger partial charge in [-0.25, -0.2) is 0 Å². The van der Waals surface area contributed by atoms with E-state index < -0.39 is 0 Å². The van der Waals surface area contributed by atoms with Crippen LogP contribution in [-0.2, 0) is 4.79 Å². The summed E-state index contributed by atoms with van der Waals surface area (Å²) in [5.41, 5.74) is 0. The predicted molar refractivity (Wildman–Crippen MR) is 54.2 cm³/mol. The smallest absolute Gasteiger partial charge is 0.313 e.